The summed E-state index contributed by atoms with van der Waals surface area (Å²) in [7, 11) is 0. The van der Waals surface area contributed by atoms with Gasteiger partial charge >= 0.3 is 6.01 Å². The van der Waals surface area contributed by atoms with E-state index in [1.165, 1.54) is 11.8 Å². The summed E-state index contributed by atoms with van der Waals surface area (Å²) in [5.74, 6) is 0.943. The maximum atomic E-state index is 13.5. The third-order valence-electron chi connectivity index (χ3n) is 6.80. The SMILES string of the molecule is C[C@H]1[C@H](C)CCC[C@@H]1n1c(SCC(=O)Nc2nnc(-c3ccccc3)o2)nc2ccccc2c1=O. The van der Waals surface area contributed by atoms with Crippen molar-refractivity contribution in [2.24, 2.45) is 11.8 Å². The number of aromatic nitrogens is 4. The first-order chi connectivity index (χ1) is 17.0. The Morgan fingerprint density at radius 2 is 1.86 bits per heavy atom. The van der Waals surface area contributed by atoms with E-state index in [0.717, 1.165) is 24.8 Å². The fraction of sp³-hybridized carbons (Fsp3) is 0.346. The number of benzene rings is 2. The van der Waals surface area contributed by atoms with E-state index >= 15 is 0 Å². The molecular weight excluding hydrogens is 462 g/mol. The molecule has 0 aliphatic heterocycles. The number of hydrogen-bond donors (Lipinski definition) is 1. The van der Waals surface area contributed by atoms with Crippen LogP contribution in [0.25, 0.3) is 22.4 Å². The molecule has 1 aliphatic carbocycles. The van der Waals surface area contributed by atoms with Gasteiger partial charge in [-0.25, -0.2) is 4.98 Å². The molecule has 0 saturated heterocycles. The lowest BCUT2D eigenvalue weighted by Crippen LogP contribution is -2.35. The number of fused-ring (bicyclic) bond motifs is 1. The molecule has 1 amide bonds. The molecule has 9 heteroatoms. The maximum Gasteiger partial charge on any atom is 0.322 e. The van der Waals surface area contributed by atoms with Crippen molar-refractivity contribution in [3.63, 3.8) is 0 Å². The summed E-state index contributed by atoms with van der Waals surface area (Å²) in [6.07, 6.45) is 3.16. The highest BCUT2D eigenvalue weighted by atomic mass is 32.2. The molecule has 180 valence electrons. The Morgan fingerprint density at radius 1 is 1.09 bits per heavy atom. The van der Waals surface area contributed by atoms with Gasteiger partial charge in [-0.2, -0.15) is 0 Å². The van der Waals surface area contributed by atoms with Crippen molar-refractivity contribution in [1.82, 2.24) is 19.7 Å². The van der Waals surface area contributed by atoms with E-state index in [0.29, 0.717) is 33.8 Å². The van der Waals surface area contributed by atoms with Crippen LogP contribution in [0, 0.1) is 11.8 Å². The Labute approximate surface area is 207 Å². The minimum Gasteiger partial charge on any atom is -0.403 e. The van der Waals surface area contributed by atoms with Gasteiger partial charge in [-0.05, 0) is 42.5 Å². The third kappa shape index (κ3) is 4.86. The second-order valence-corrected chi connectivity index (χ2v) is 9.98. The van der Waals surface area contributed by atoms with Crippen LogP contribution in [0.2, 0.25) is 0 Å². The van der Waals surface area contributed by atoms with Gasteiger partial charge in [0.15, 0.2) is 5.16 Å². The van der Waals surface area contributed by atoms with E-state index in [9.17, 15) is 9.59 Å². The van der Waals surface area contributed by atoms with Crippen LogP contribution in [0.5, 0.6) is 0 Å². The molecule has 1 saturated carbocycles. The summed E-state index contributed by atoms with van der Waals surface area (Å²) in [6.45, 7) is 4.45. The first kappa shape index (κ1) is 23.3. The third-order valence-corrected chi connectivity index (χ3v) is 7.75. The number of carbonyl (C=O) groups is 1. The molecule has 2 heterocycles. The van der Waals surface area contributed by atoms with Crippen molar-refractivity contribution < 1.29 is 9.21 Å². The van der Waals surface area contributed by atoms with E-state index in [4.69, 9.17) is 9.40 Å². The monoisotopic (exact) mass is 489 g/mol. The molecule has 0 unspecified atom stereocenters. The van der Waals surface area contributed by atoms with Gasteiger partial charge in [-0.3, -0.25) is 19.5 Å². The first-order valence-corrected chi connectivity index (χ1v) is 12.8. The predicted octanol–water partition coefficient (Wildman–Crippen LogP) is 5.17. The predicted molar refractivity (Wildman–Crippen MR) is 136 cm³/mol. The van der Waals surface area contributed by atoms with Crippen LogP contribution in [0.3, 0.4) is 0 Å². The highest BCUT2D eigenvalue weighted by Gasteiger charge is 2.31. The molecule has 1 aliphatic rings. The van der Waals surface area contributed by atoms with Gasteiger partial charge in [0.05, 0.1) is 16.7 Å². The van der Waals surface area contributed by atoms with Crippen molar-refractivity contribution >= 4 is 34.6 Å². The van der Waals surface area contributed by atoms with E-state index in [2.05, 4.69) is 29.4 Å². The lowest BCUT2D eigenvalue weighted by atomic mass is 9.78. The molecule has 2 aromatic heterocycles. The first-order valence-electron chi connectivity index (χ1n) is 11.8. The Kier molecular flexibility index (Phi) is 6.68. The number of nitrogens with zero attached hydrogens (tertiary/aromatic N) is 4. The van der Waals surface area contributed by atoms with Crippen LogP contribution in [0.4, 0.5) is 6.01 Å². The molecule has 5 rings (SSSR count). The quantitative estimate of drug-likeness (QED) is 0.294. The summed E-state index contributed by atoms with van der Waals surface area (Å²) in [5, 5.41) is 11.7. The summed E-state index contributed by atoms with van der Waals surface area (Å²) in [5.41, 5.74) is 1.36. The molecular formula is C26H27N5O3S. The number of para-hydroxylation sites is 1. The zero-order chi connectivity index (χ0) is 24.4. The lowest BCUT2D eigenvalue weighted by molar-refractivity contribution is -0.113. The van der Waals surface area contributed by atoms with Gasteiger partial charge in [0.2, 0.25) is 11.8 Å². The van der Waals surface area contributed by atoms with Crippen LogP contribution in [-0.4, -0.2) is 31.4 Å². The van der Waals surface area contributed by atoms with Crippen LogP contribution < -0.4 is 10.9 Å². The second-order valence-electron chi connectivity index (χ2n) is 9.04. The van der Waals surface area contributed by atoms with E-state index in [1.54, 1.807) is 0 Å². The van der Waals surface area contributed by atoms with E-state index in [1.807, 2.05) is 59.2 Å². The van der Waals surface area contributed by atoms with Crippen molar-refractivity contribution in [3.05, 3.63) is 65.0 Å². The number of hydrogen-bond acceptors (Lipinski definition) is 7. The fourth-order valence-electron chi connectivity index (χ4n) is 4.69. The summed E-state index contributed by atoms with van der Waals surface area (Å²) >= 11 is 1.25. The van der Waals surface area contributed by atoms with Crippen LogP contribution in [-0.2, 0) is 4.79 Å². The molecule has 2 aromatic carbocycles. The molecule has 0 radical (unpaired) electrons. The van der Waals surface area contributed by atoms with Gasteiger partial charge in [-0.15, -0.1) is 5.10 Å². The van der Waals surface area contributed by atoms with Crippen molar-refractivity contribution in [2.45, 2.75) is 44.3 Å². The van der Waals surface area contributed by atoms with E-state index in [-0.39, 0.29) is 29.3 Å². The number of nitrogens with one attached hydrogen (secondary N) is 1. The number of thioether (sulfide) groups is 1. The number of amides is 1. The van der Waals surface area contributed by atoms with Crippen LogP contribution >= 0.6 is 11.8 Å². The maximum absolute atomic E-state index is 13.5. The largest absolute Gasteiger partial charge is 0.403 e. The second kappa shape index (κ2) is 10.0. The topological polar surface area (TPSA) is 103 Å². The molecule has 8 nitrogen and oxygen atoms in total. The van der Waals surface area contributed by atoms with Crippen LogP contribution in [0.1, 0.15) is 39.2 Å². The van der Waals surface area contributed by atoms with E-state index < -0.39 is 0 Å². The van der Waals surface area contributed by atoms with Gasteiger partial charge in [0.25, 0.3) is 5.56 Å². The van der Waals surface area contributed by atoms with Crippen molar-refractivity contribution in [2.75, 3.05) is 11.1 Å². The zero-order valence-electron chi connectivity index (χ0n) is 19.7. The molecule has 0 bridgehead atoms. The highest BCUT2D eigenvalue weighted by Crippen LogP contribution is 2.38. The minimum absolute atomic E-state index is 0.0352. The Balaban J connectivity index is 1.37. The lowest BCUT2D eigenvalue weighted by Gasteiger charge is -2.36. The molecule has 0 spiro atoms. The van der Waals surface area contributed by atoms with Gasteiger partial charge < -0.3 is 4.42 Å². The molecule has 3 atom stereocenters. The smallest absolute Gasteiger partial charge is 0.322 e. The van der Waals surface area contributed by atoms with Gasteiger partial charge in [0.1, 0.15) is 0 Å². The van der Waals surface area contributed by atoms with Gasteiger partial charge in [-0.1, -0.05) is 73.9 Å². The Morgan fingerprint density at radius 3 is 2.69 bits per heavy atom. The zero-order valence-corrected chi connectivity index (χ0v) is 20.5. The molecule has 4 aromatic rings. The molecule has 35 heavy (non-hydrogen) atoms. The standard InChI is InChI=1S/C26H27N5O3S/c1-16-9-8-14-21(17(16)2)31-24(33)19-12-6-7-13-20(19)27-26(31)35-15-22(32)28-25-30-29-23(34-25)18-10-4-3-5-11-18/h3-7,10-13,16-17,21H,8-9,14-15H2,1-2H3,(H,28,30,32)/t16-,17+,21+/m1/s1. The Bertz CT molecular complexity index is 1400. The van der Waals surface area contributed by atoms with Crippen molar-refractivity contribution in [1.29, 1.82) is 0 Å². The number of rotatable bonds is 6. The fourth-order valence-corrected chi connectivity index (χ4v) is 5.55. The minimum atomic E-state index is -0.308. The summed E-state index contributed by atoms with van der Waals surface area (Å²) in [4.78, 5) is 31.0. The average Bonchev–Trinajstić information content (AvgIpc) is 3.34. The molecule has 1 N–H and O–H groups in total. The number of carbonyl (C=O) groups excluding carboxylic acids is 1. The average molecular weight is 490 g/mol. The molecule has 1 fully saturated rings. The highest BCUT2D eigenvalue weighted by molar-refractivity contribution is 7.99. The summed E-state index contributed by atoms with van der Waals surface area (Å²) < 4.78 is 7.40. The summed E-state index contributed by atoms with van der Waals surface area (Å²) in [6, 6.07) is 16.8. The van der Waals surface area contributed by atoms with Crippen molar-refractivity contribution in [3.8, 4) is 11.5 Å². The van der Waals surface area contributed by atoms with Gasteiger partial charge in [0, 0.05) is 11.6 Å². The van der Waals surface area contributed by atoms with Crippen LogP contribution in [0.15, 0.2) is 69.0 Å². The normalized spacial score (nSPS) is 20.1. The number of anilines is 1. The Hall–Kier alpha value is -3.46.